The molecule has 1 fully saturated rings. The molecule has 1 aliphatic heterocycles. The second-order valence-electron chi connectivity index (χ2n) is 5.77. The maximum Gasteiger partial charge on any atom is 0.416 e. The molecule has 1 heterocycles. The predicted octanol–water partition coefficient (Wildman–Crippen LogP) is 3.10. The van der Waals surface area contributed by atoms with Crippen LogP contribution in [0.3, 0.4) is 0 Å². The summed E-state index contributed by atoms with van der Waals surface area (Å²) in [5, 5.41) is 9.12. The van der Waals surface area contributed by atoms with Gasteiger partial charge in [0.15, 0.2) is 5.78 Å². The van der Waals surface area contributed by atoms with Gasteiger partial charge in [0, 0.05) is 13.0 Å². The van der Waals surface area contributed by atoms with Gasteiger partial charge >= 0.3 is 6.18 Å². The SMILES string of the molecule is CCC(=O)C1CCCCN1S(=O)(=O)c1ccc(C(F)(F)F)cc1C#N. The van der Waals surface area contributed by atoms with Crippen LogP contribution in [-0.4, -0.2) is 31.1 Å². The number of nitrogens with zero attached hydrogens (tertiary/aromatic N) is 2. The molecule has 0 N–H and O–H groups in total. The van der Waals surface area contributed by atoms with Crippen molar-refractivity contribution in [3.63, 3.8) is 0 Å². The summed E-state index contributed by atoms with van der Waals surface area (Å²) in [6.45, 7) is 1.73. The zero-order valence-corrected chi connectivity index (χ0v) is 14.3. The lowest BCUT2D eigenvalue weighted by Gasteiger charge is -2.33. The maximum absolute atomic E-state index is 12.9. The molecule has 1 atom stereocenters. The molecular weight excluding hydrogens is 357 g/mol. The van der Waals surface area contributed by atoms with Crippen molar-refractivity contribution in [2.45, 2.75) is 49.7 Å². The molecule has 0 aromatic heterocycles. The monoisotopic (exact) mass is 374 g/mol. The van der Waals surface area contributed by atoms with Crippen molar-refractivity contribution in [1.82, 2.24) is 4.31 Å². The molecule has 1 aromatic carbocycles. The molecule has 136 valence electrons. The smallest absolute Gasteiger partial charge is 0.298 e. The van der Waals surface area contributed by atoms with Gasteiger partial charge in [0.1, 0.15) is 11.0 Å². The third-order valence-electron chi connectivity index (χ3n) is 4.19. The minimum atomic E-state index is -4.68. The first-order valence-corrected chi connectivity index (χ1v) is 9.22. The lowest BCUT2D eigenvalue weighted by Crippen LogP contribution is -2.47. The van der Waals surface area contributed by atoms with Crippen LogP contribution in [0.1, 0.15) is 43.7 Å². The highest BCUT2D eigenvalue weighted by Crippen LogP contribution is 2.33. The molecule has 1 aliphatic rings. The van der Waals surface area contributed by atoms with Gasteiger partial charge in [-0.1, -0.05) is 13.3 Å². The average molecular weight is 374 g/mol. The molecule has 0 aliphatic carbocycles. The Morgan fingerprint density at radius 2 is 2.04 bits per heavy atom. The van der Waals surface area contributed by atoms with Crippen LogP contribution in [0.2, 0.25) is 0 Å². The van der Waals surface area contributed by atoms with Crippen molar-refractivity contribution in [3.05, 3.63) is 29.3 Å². The first-order chi connectivity index (χ1) is 11.6. The minimum Gasteiger partial charge on any atom is -0.298 e. The number of alkyl halides is 3. The Labute approximate surface area is 144 Å². The van der Waals surface area contributed by atoms with Gasteiger partial charge in [-0.2, -0.15) is 22.7 Å². The largest absolute Gasteiger partial charge is 0.416 e. The van der Waals surface area contributed by atoms with E-state index < -0.39 is 38.3 Å². The molecule has 5 nitrogen and oxygen atoms in total. The van der Waals surface area contributed by atoms with Crippen LogP contribution in [0.5, 0.6) is 0 Å². The second-order valence-corrected chi connectivity index (χ2v) is 7.63. The summed E-state index contributed by atoms with van der Waals surface area (Å²) >= 11 is 0. The zero-order chi connectivity index (χ0) is 18.8. The van der Waals surface area contributed by atoms with Gasteiger partial charge in [-0.05, 0) is 31.0 Å². The van der Waals surface area contributed by atoms with Crippen LogP contribution in [0.25, 0.3) is 0 Å². The average Bonchev–Trinajstić information content (AvgIpc) is 2.59. The van der Waals surface area contributed by atoms with Gasteiger partial charge < -0.3 is 0 Å². The van der Waals surface area contributed by atoms with E-state index in [0.29, 0.717) is 31.4 Å². The third kappa shape index (κ3) is 3.85. The lowest BCUT2D eigenvalue weighted by atomic mass is 10.00. The quantitative estimate of drug-likeness (QED) is 0.811. The summed E-state index contributed by atoms with van der Waals surface area (Å²) in [5.74, 6) is -0.242. The fourth-order valence-corrected chi connectivity index (χ4v) is 4.70. The number of rotatable bonds is 4. The normalized spacial score (nSPS) is 19.4. The minimum absolute atomic E-state index is 0.102. The van der Waals surface area contributed by atoms with Gasteiger partial charge in [-0.25, -0.2) is 8.42 Å². The van der Waals surface area contributed by atoms with E-state index in [2.05, 4.69) is 0 Å². The number of nitriles is 1. The standard InChI is InChI=1S/C16H17F3N2O3S/c1-2-14(22)13-5-3-4-8-21(13)25(23,24)15-7-6-12(16(17,18)19)9-11(15)10-20/h6-7,9,13H,2-5,8H2,1H3. The molecule has 0 saturated carbocycles. The van der Waals surface area contributed by atoms with Crippen molar-refractivity contribution in [2.75, 3.05) is 6.54 Å². The summed E-state index contributed by atoms with van der Waals surface area (Å²) in [6.07, 6.45) is -2.90. The molecule has 0 radical (unpaired) electrons. The number of piperidine rings is 1. The highest BCUT2D eigenvalue weighted by molar-refractivity contribution is 7.89. The molecule has 25 heavy (non-hydrogen) atoms. The van der Waals surface area contributed by atoms with Crippen molar-refractivity contribution in [3.8, 4) is 6.07 Å². The van der Waals surface area contributed by atoms with Crippen LogP contribution in [0, 0.1) is 11.3 Å². The van der Waals surface area contributed by atoms with Crippen molar-refractivity contribution in [2.24, 2.45) is 0 Å². The first-order valence-electron chi connectivity index (χ1n) is 7.78. The Bertz CT molecular complexity index is 813. The Balaban J connectivity index is 2.52. The molecule has 0 spiro atoms. The molecule has 0 bridgehead atoms. The molecule has 9 heteroatoms. The lowest BCUT2D eigenvalue weighted by molar-refractivity contribution is -0.137. The number of sulfonamides is 1. The molecule has 2 rings (SSSR count). The Kier molecular flexibility index (Phi) is 5.54. The van der Waals surface area contributed by atoms with Gasteiger partial charge in [0.2, 0.25) is 10.0 Å². The number of Topliss-reactive ketones (excluding diaryl/α,β-unsaturated/α-hetero) is 1. The van der Waals surface area contributed by atoms with E-state index in [1.165, 1.54) is 6.07 Å². The number of benzene rings is 1. The maximum atomic E-state index is 12.9. The topological polar surface area (TPSA) is 78.2 Å². The summed E-state index contributed by atoms with van der Waals surface area (Å²) < 4.78 is 65.2. The highest BCUT2D eigenvalue weighted by atomic mass is 32.2. The second kappa shape index (κ2) is 7.14. The molecule has 0 amide bonds. The number of halogens is 3. The van der Waals surface area contributed by atoms with Gasteiger partial charge in [-0.15, -0.1) is 0 Å². The summed E-state index contributed by atoms with van der Waals surface area (Å²) in [7, 11) is -4.25. The molecule has 1 aromatic rings. The van der Waals surface area contributed by atoms with E-state index in [0.717, 1.165) is 10.4 Å². The van der Waals surface area contributed by atoms with E-state index >= 15 is 0 Å². The molecule has 1 unspecified atom stereocenters. The Morgan fingerprint density at radius 3 is 2.60 bits per heavy atom. The fraction of sp³-hybridized carbons (Fsp3) is 0.500. The number of hydrogen-bond donors (Lipinski definition) is 0. The van der Waals surface area contributed by atoms with Crippen LogP contribution in [0.4, 0.5) is 13.2 Å². The van der Waals surface area contributed by atoms with Crippen LogP contribution >= 0.6 is 0 Å². The number of ketones is 1. The van der Waals surface area contributed by atoms with E-state index in [1.54, 1.807) is 6.92 Å². The Morgan fingerprint density at radius 1 is 1.36 bits per heavy atom. The number of carbonyl (C=O) groups is 1. The van der Waals surface area contributed by atoms with E-state index in [9.17, 15) is 26.4 Å². The summed E-state index contributed by atoms with van der Waals surface area (Å²) in [6, 6.07) is 2.63. The summed E-state index contributed by atoms with van der Waals surface area (Å²) in [4.78, 5) is 11.6. The van der Waals surface area contributed by atoms with E-state index in [-0.39, 0.29) is 18.7 Å². The first kappa shape index (κ1) is 19.4. The van der Waals surface area contributed by atoms with Gasteiger partial charge in [0.25, 0.3) is 0 Å². The third-order valence-corrected chi connectivity index (χ3v) is 6.15. The fourth-order valence-electron chi connectivity index (χ4n) is 2.90. The van der Waals surface area contributed by atoms with Crippen molar-refractivity contribution < 1.29 is 26.4 Å². The van der Waals surface area contributed by atoms with Crippen molar-refractivity contribution >= 4 is 15.8 Å². The molecular formula is C16H17F3N2O3S. The van der Waals surface area contributed by atoms with Gasteiger partial charge in [-0.3, -0.25) is 4.79 Å². The van der Waals surface area contributed by atoms with Crippen LogP contribution < -0.4 is 0 Å². The van der Waals surface area contributed by atoms with E-state index in [4.69, 9.17) is 5.26 Å². The van der Waals surface area contributed by atoms with Gasteiger partial charge in [0.05, 0.1) is 17.2 Å². The predicted molar refractivity (Wildman–Crippen MR) is 83.0 cm³/mol. The Hall–Kier alpha value is -1.92. The van der Waals surface area contributed by atoms with Crippen LogP contribution in [-0.2, 0) is 21.0 Å². The summed E-state index contributed by atoms with van der Waals surface area (Å²) in [5.41, 5.74) is -1.68. The highest BCUT2D eigenvalue weighted by Gasteiger charge is 2.39. The zero-order valence-electron chi connectivity index (χ0n) is 13.5. The number of carbonyl (C=O) groups excluding carboxylic acids is 1. The molecule has 1 saturated heterocycles. The van der Waals surface area contributed by atoms with Crippen LogP contribution in [0.15, 0.2) is 23.1 Å². The number of hydrogen-bond acceptors (Lipinski definition) is 4. The van der Waals surface area contributed by atoms with E-state index in [1.807, 2.05) is 0 Å². The van der Waals surface area contributed by atoms with Crippen molar-refractivity contribution in [1.29, 1.82) is 5.26 Å².